The second-order valence-electron chi connectivity index (χ2n) is 8.00. The smallest absolute Gasteiger partial charge is 0.118 e. The van der Waals surface area contributed by atoms with Gasteiger partial charge in [0.15, 0.2) is 0 Å². The summed E-state index contributed by atoms with van der Waals surface area (Å²) in [5.41, 5.74) is 2.23. The topological polar surface area (TPSA) is 36.6 Å². The van der Waals surface area contributed by atoms with Gasteiger partial charge in [0.1, 0.15) is 17.1 Å². The third kappa shape index (κ3) is 3.65. The second-order valence-corrected chi connectivity index (χ2v) is 8.00. The molecule has 1 fully saturated rings. The van der Waals surface area contributed by atoms with Crippen LogP contribution in [0, 0.1) is 19.8 Å². The van der Waals surface area contributed by atoms with Gasteiger partial charge in [-0.05, 0) is 68.5 Å². The van der Waals surface area contributed by atoms with E-state index in [0.29, 0.717) is 0 Å². The van der Waals surface area contributed by atoms with Gasteiger partial charge in [-0.3, -0.25) is 4.90 Å². The number of likely N-dealkylation sites (tertiary alicyclic amines) is 1. The average molecular weight is 376 g/mol. The molecule has 0 atom stereocenters. The molecule has 1 N–H and O–H groups in total. The molecule has 3 aromatic rings. The predicted octanol–water partition coefficient (Wildman–Crippen LogP) is 5.04. The molecular formula is C25H29NO2. The molecule has 1 aliphatic heterocycles. The van der Waals surface area contributed by atoms with Gasteiger partial charge in [-0.1, -0.05) is 60.7 Å². The van der Waals surface area contributed by atoms with E-state index >= 15 is 0 Å². The fraction of sp³-hybridized carbons (Fsp3) is 0.360. The Bertz CT molecular complexity index is 834. The van der Waals surface area contributed by atoms with Gasteiger partial charge in [-0.25, -0.2) is 0 Å². The van der Waals surface area contributed by atoms with E-state index in [0.717, 1.165) is 55.1 Å². The van der Waals surface area contributed by atoms with Crippen LogP contribution in [0.1, 0.15) is 41.1 Å². The quantitative estimate of drug-likeness (QED) is 0.678. The summed E-state index contributed by atoms with van der Waals surface area (Å²) in [5, 5.41) is 12.0. The molecule has 4 rings (SSSR count). The first-order valence-electron chi connectivity index (χ1n) is 10.2. The van der Waals surface area contributed by atoms with Gasteiger partial charge in [-0.2, -0.15) is 0 Å². The number of piperidine rings is 1. The standard InChI is InChI=1S/C25H29NO2/c1-19-17-24(28-20(19)2)18-26-15-13-23(14-16-26)25(27,21-9-5-3-6-10-21)22-11-7-4-8-12-22/h3-12,17,23,27H,13-16,18H2,1-2H3. The lowest BCUT2D eigenvalue weighted by Crippen LogP contribution is -2.44. The molecule has 146 valence electrons. The zero-order valence-electron chi connectivity index (χ0n) is 16.8. The van der Waals surface area contributed by atoms with Crippen LogP contribution in [0.5, 0.6) is 0 Å². The molecule has 3 heteroatoms. The Balaban J connectivity index is 1.53. The number of aliphatic hydroxyl groups is 1. The highest BCUT2D eigenvalue weighted by atomic mass is 16.3. The number of nitrogens with zero attached hydrogens (tertiary/aromatic N) is 1. The van der Waals surface area contributed by atoms with Crippen molar-refractivity contribution in [3.8, 4) is 0 Å². The SMILES string of the molecule is Cc1cc(CN2CCC(C(O)(c3ccccc3)c3ccccc3)CC2)oc1C. The summed E-state index contributed by atoms with van der Waals surface area (Å²) in [7, 11) is 0. The fourth-order valence-electron chi connectivity index (χ4n) is 4.48. The molecule has 1 saturated heterocycles. The van der Waals surface area contributed by atoms with E-state index in [4.69, 9.17) is 4.42 Å². The summed E-state index contributed by atoms with van der Waals surface area (Å²) in [5.74, 6) is 2.23. The first-order chi connectivity index (χ1) is 13.6. The molecule has 0 saturated carbocycles. The van der Waals surface area contributed by atoms with E-state index in [1.165, 1.54) is 5.56 Å². The van der Waals surface area contributed by atoms with Gasteiger partial charge in [-0.15, -0.1) is 0 Å². The van der Waals surface area contributed by atoms with E-state index in [2.05, 4.69) is 17.9 Å². The molecule has 2 heterocycles. The minimum Gasteiger partial charge on any atom is -0.465 e. The van der Waals surface area contributed by atoms with Crippen LogP contribution >= 0.6 is 0 Å². The van der Waals surface area contributed by atoms with Crippen LogP contribution in [-0.4, -0.2) is 23.1 Å². The van der Waals surface area contributed by atoms with Gasteiger partial charge >= 0.3 is 0 Å². The fourth-order valence-corrected chi connectivity index (χ4v) is 4.48. The Morgan fingerprint density at radius 3 is 1.93 bits per heavy atom. The highest BCUT2D eigenvalue weighted by Crippen LogP contribution is 2.42. The van der Waals surface area contributed by atoms with Crippen molar-refractivity contribution in [2.24, 2.45) is 5.92 Å². The zero-order valence-corrected chi connectivity index (χ0v) is 16.8. The summed E-state index contributed by atoms with van der Waals surface area (Å²) >= 11 is 0. The monoisotopic (exact) mass is 375 g/mol. The highest BCUT2D eigenvalue weighted by molar-refractivity contribution is 5.37. The van der Waals surface area contributed by atoms with Crippen LogP contribution < -0.4 is 0 Å². The zero-order chi connectivity index (χ0) is 19.6. The summed E-state index contributed by atoms with van der Waals surface area (Å²) in [6.07, 6.45) is 1.91. The van der Waals surface area contributed by atoms with Crippen molar-refractivity contribution in [3.05, 3.63) is 94.9 Å². The van der Waals surface area contributed by atoms with E-state index in [1.807, 2.05) is 67.6 Å². The molecule has 1 aromatic heterocycles. The van der Waals surface area contributed by atoms with Crippen molar-refractivity contribution in [3.63, 3.8) is 0 Å². The summed E-state index contributed by atoms with van der Waals surface area (Å²) in [6.45, 7) is 6.88. The molecule has 1 aliphatic rings. The Kier molecular flexibility index (Phi) is 5.38. The summed E-state index contributed by atoms with van der Waals surface area (Å²) < 4.78 is 5.86. The maximum absolute atomic E-state index is 12.0. The van der Waals surface area contributed by atoms with Gasteiger partial charge in [0.2, 0.25) is 0 Å². The van der Waals surface area contributed by atoms with Crippen LogP contribution in [0.2, 0.25) is 0 Å². The van der Waals surface area contributed by atoms with Crippen molar-refractivity contribution >= 4 is 0 Å². The molecule has 28 heavy (non-hydrogen) atoms. The van der Waals surface area contributed by atoms with Crippen molar-refractivity contribution in [1.82, 2.24) is 4.90 Å². The van der Waals surface area contributed by atoms with Crippen LogP contribution in [0.25, 0.3) is 0 Å². The number of aryl methyl sites for hydroxylation is 2. The number of benzene rings is 2. The number of hydrogen-bond acceptors (Lipinski definition) is 3. The van der Waals surface area contributed by atoms with Gasteiger partial charge in [0, 0.05) is 0 Å². The average Bonchev–Trinajstić information content (AvgIpc) is 3.06. The Morgan fingerprint density at radius 1 is 0.929 bits per heavy atom. The lowest BCUT2D eigenvalue weighted by Gasteiger charge is -2.42. The van der Waals surface area contributed by atoms with E-state index in [1.54, 1.807) is 0 Å². The van der Waals surface area contributed by atoms with Crippen LogP contribution in [0.15, 0.2) is 71.1 Å². The lowest BCUT2D eigenvalue weighted by molar-refractivity contribution is -0.0160. The number of furan rings is 1. The molecular weight excluding hydrogens is 346 g/mol. The van der Waals surface area contributed by atoms with Crippen molar-refractivity contribution in [1.29, 1.82) is 0 Å². The first kappa shape index (κ1) is 19.0. The molecule has 0 radical (unpaired) electrons. The molecule has 0 unspecified atom stereocenters. The van der Waals surface area contributed by atoms with E-state index in [9.17, 15) is 5.11 Å². The minimum atomic E-state index is -0.952. The third-order valence-electron chi connectivity index (χ3n) is 6.20. The predicted molar refractivity (Wildman–Crippen MR) is 112 cm³/mol. The second kappa shape index (κ2) is 7.94. The number of hydrogen-bond donors (Lipinski definition) is 1. The maximum Gasteiger partial charge on any atom is 0.118 e. The van der Waals surface area contributed by atoms with Crippen molar-refractivity contribution in [2.75, 3.05) is 13.1 Å². The minimum absolute atomic E-state index is 0.189. The Hall–Kier alpha value is -2.36. The van der Waals surface area contributed by atoms with Crippen LogP contribution in [0.4, 0.5) is 0 Å². The van der Waals surface area contributed by atoms with E-state index in [-0.39, 0.29) is 5.92 Å². The Morgan fingerprint density at radius 2 is 1.46 bits per heavy atom. The lowest BCUT2D eigenvalue weighted by atomic mass is 9.72. The van der Waals surface area contributed by atoms with Crippen molar-refractivity contribution < 1.29 is 9.52 Å². The summed E-state index contributed by atoms with van der Waals surface area (Å²) in [4.78, 5) is 2.44. The first-order valence-corrected chi connectivity index (χ1v) is 10.2. The van der Waals surface area contributed by atoms with Crippen LogP contribution in [-0.2, 0) is 12.1 Å². The largest absolute Gasteiger partial charge is 0.465 e. The molecule has 3 nitrogen and oxygen atoms in total. The molecule has 0 aliphatic carbocycles. The van der Waals surface area contributed by atoms with Gasteiger partial charge < -0.3 is 9.52 Å². The van der Waals surface area contributed by atoms with Gasteiger partial charge in [0.05, 0.1) is 6.54 Å². The third-order valence-corrected chi connectivity index (χ3v) is 6.20. The molecule has 0 bridgehead atoms. The van der Waals surface area contributed by atoms with Crippen LogP contribution in [0.3, 0.4) is 0 Å². The number of rotatable bonds is 5. The van der Waals surface area contributed by atoms with Crippen molar-refractivity contribution in [2.45, 2.75) is 38.8 Å². The summed E-state index contributed by atoms with van der Waals surface area (Å²) in [6, 6.07) is 22.4. The molecule has 0 spiro atoms. The molecule has 2 aromatic carbocycles. The van der Waals surface area contributed by atoms with Gasteiger partial charge in [0.25, 0.3) is 0 Å². The maximum atomic E-state index is 12.0. The van der Waals surface area contributed by atoms with E-state index < -0.39 is 5.60 Å². The Labute approximate surface area is 167 Å². The highest BCUT2D eigenvalue weighted by Gasteiger charge is 2.41. The normalized spacial score (nSPS) is 16.4. The molecule has 0 amide bonds.